The number of halogens is 1. The summed E-state index contributed by atoms with van der Waals surface area (Å²) in [5, 5.41) is 22.4. The smallest absolute Gasteiger partial charge is 0.296 e. The summed E-state index contributed by atoms with van der Waals surface area (Å²) in [6.07, 6.45) is -2.13. The third-order valence-electron chi connectivity index (χ3n) is 3.21. The first kappa shape index (κ1) is 14.0. The maximum absolute atomic E-state index is 11.8. The van der Waals surface area contributed by atoms with E-state index in [-0.39, 0.29) is 17.9 Å². The Hall–Kier alpha value is -1.43. The first-order chi connectivity index (χ1) is 8.97. The van der Waals surface area contributed by atoms with E-state index in [4.69, 9.17) is 11.6 Å². The van der Waals surface area contributed by atoms with Gasteiger partial charge in [0.1, 0.15) is 6.10 Å². The number of hydrogen-bond donors (Lipinski definition) is 3. The monoisotopic (exact) mass is 283 g/mol. The van der Waals surface area contributed by atoms with E-state index < -0.39 is 23.9 Å². The van der Waals surface area contributed by atoms with Gasteiger partial charge in [0.05, 0.1) is 17.4 Å². The molecular weight excluding hydrogens is 270 g/mol. The number of benzene rings is 1. The molecule has 19 heavy (non-hydrogen) atoms. The molecule has 5 nitrogen and oxygen atoms in total. The number of anilines is 1. The van der Waals surface area contributed by atoms with Crippen molar-refractivity contribution >= 4 is 29.0 Å². The van der Waals surface area contributed by atoms with Gasteiger partial charge in [-0.25, -0.2) is 0 Å². The number of Topliss-reactive ketones (excluding diaryl/α,β-unsaturated/α-hetero) is 1. The van der Waals surface area contributed by atoms with E-state index in [1.165, 1.54) is 0 Å². The summed E-state index contributed by atoms with van der Waals surface area (Å²) in [7, 11) is 0. The Morgan fingerprint density at radius 2 is 2.00 bits per heavy atom. The third kappa shape index (κ3) is 2.36. The van der Waals surface area contributed by atoms with E-state index >= 15 is 0 Å². The zero-order valence-electron chi connectivity index (χ0n) is 10.3. The predicted molar refractivity (Wildman–Crippen MR) is 70.4 cm³/mol. The molecule has 2 atom stereocenters. The van der Waals surface area contributed by atoms with Crippen LogP contribution in [0, 0.1) is 6.92 Å². The zero-order chi connectivity index (χ0) is 14.2. The third-order valence-corrected chi connectivity index (χ3v) is 3.43. The van der Waals surface area contributed by atoms with Crippen LogP contribution in [0.15, 0.2) is 12.1 Å². The van der Waals surface area contributed by atoms with Gasteiger partial charge in [0.25, 0.3) is 11.7 Å². The molecule has 6 heteroatoms. The van der Waals surface area contributed by atoms with Crippen LogP contribution in [-0.2, 0) is 4.79 Å². The van der Waals surface area contributed by atoms with Crippen LogP contribution in [-0.4, -0.2) is 33.9 Å². The number of fused-ring (bicyclic) bond motifs is 1. The van der Waals surface area contributed by atoms with Gasteiger partial charge in [-0.05, 0) is 30.5 Å². The first-order valence-electron chi connectivity index (χ1n) is 5.88. The van der Waals surface area contributed by atoms with Gasteiger partial charge >= 0.3 is 0 Å². The second-order valence-corrected chi connectivity index (χ2v) is 4.87. The predicted octanol–water partition coefficient (Wildman–Crippen LogP) is 1.15. The number of aliphatic hydroxyl groups excluding tert-OH is 2. The topological polar surface area (TPSA) is 86.6 Å². The van der Waals surface area contributed by atoms with Gasteiger partial charge in [-0.2, -0.15) is 0 Å². The normalized spacial score (nSPS) is 17.1. The van der Waals surface area contributed by atoms with E-state index in [0.717, 1.165) is 0 Å². The van der Waals surface area contributed by atoms with Crippen LogP contribution in [0.25, 0.3) is 0 Å². The summed E-state index contributed by atoms with van der Waals surface area (Å²) in [5.41, 5.74) is 1.45. The highest BCUT2D eigenvalue weighted by Crippen LogP contribution is 2.34. The Bertz CT molecular complexity index is 544. The van der Waals surface area contributed by atoms with Gasteiger partial charge in [-0.3, -0.25) is 9.59 Å². The molecule has 0 saturated carbocycles. The van der Waals surface area contributed by atoms with Crippen molar-refractivity contribution in [1.29, 1.82) is 0 Å². The average molecular weight is 284 g/mol. The molecule has 1 aromatic rings. The molecule has 1 amide bonds. The standard InChI is InChI=1S/C13H14ClNO4/c1-6-2-3-7-10(12(18)13(19)15-7)9(6)11(17)8(16)4-5-14/h2-3,8,11,16-17H,4-5H2,1H3,(H,15,18,19). The summed E-state index contributed by atoms with van der Waals surface area (Å²) < 4.78 is 0. The highest BCUT2D eigenvalue weighted by atomic mass is 35.5. The minimum atomic E-state index is -1.25. The molecule has 0 bridgehead atoms. The van der Waals surface area contributed by atoms with Crippen LogP contribution in [0.3, 0.4) is 0 Å². The summed E-state index contributed by atoms with van der Waals surface area (Å²) in [6, 6.07) is 3.29. The van der Waals surface area contributed by atoms with Crippen LogP contribution >= 0.6 is 11.6 Å². The minimum Gasteiger partial charge on any atom is -0.390 e. The highest BCUT2D eigenvalue weighted by molar-refractivity contribution is 6.52. The number of amides is 1. The summed E-state index contributed by atoms with van der Waals surface area (Å²) in [4.78, 5) is 23.2. The van der Waals surface area contributed by atoms with E-state index in [2.05, 4.69) is 5.32 Å². The van der Waals surface area contributed by atoms with Crippen LogP contribution in [0.4, 0.5) is 5.69 Å². The average Bonchev–Trinajstić information content (AvgIpc) is 2.65. The molecule has 2 unspecified atom stereocenters. The summed E-state index contributed by atoms with van der Waals surface area (Å²) >= 11 is 5.53. The molecule has 1 aliphatic rings. The van der Waals surface area contributed by atoms with Crippen molar-refractivity contribution in [3.8, 4) is 0 Å². The number of nitrogens with one attached hydrogen (secondary N) is 1. The van der Waals surface area contributed by atoms with Gasteiger partial charge in [-0.1, -0.05) is 6.07 Å². The molecule has 2 rings (SSSR count). The van der Waals surface area contributed by atoms with Crippen molar-refractivity contribution in [2.45, 2.75) is 25.6 Å². The lowest BCUT2D eigenvalue weighted by molar-refractivity contribution is -0.112. The molecule has 1 aliphatic heterocycles. The lowest BCUT2D eigenvalue weighted by atomic mass is 9.91. The molecule has 1 heterocycles. The highest BCUT2D eigenvalue weighted by Gasteiger charge is 2.35. The largest absolute Gasteiger partial charge is 0.390 e. The van der Waals surface area contributed by atoms with Crippen molar-refractivity contribution in [3.05, 3.63) is 28.8 Å². The molecule has 0 saturated heterocycles. The Morgan fingerprint density at radius 1 is 1.32 bits per heavy atom. The summed E-state index contributed by atoms with van der Waals surface area (Å²) in [5.74, 6) is -1.22. The Morgan fingerprint density at radius 3 is 2.63 bits per heavy atom. The number of rotatable bonds is 4. The van der Waals surface area contributed by atoms with Gasteiger partial charge in [0.15, 0.2) is 0 Å². The van der Waals surface area contributed by atoms with E-state index in [9.17, 15) is 19.8 Å². The Labute approximate surface area is 115 Å². The van der Waals surface area contributed by atoms with Crippen LogP contribution in [0.2, 0.25) is 0 Å². The Balaban J connectivity index is 2.49. The van der Waals surface area contributed by atoms with Gasteiger partial charge in [-0.15, -0.1) is 11.6 Å². The van der Waals surface area contributed by atoms with Gasteiger partial charge < -0.3 is 15.5 Å². The maximum atomic E-state index is 11.8. The van der Waals surface area contributed by atoms with E-state index in [1.54, 1.807) is 19.1 Å². The number of carbonyl (C=O) groups is 2. The zero-order valence-corrected chi connectivity index (χ0v) is 11.1. The molecular formula is C13H14ClNO4. The second kappa shape index (κ2) is 5.28. The number of hydrogen-bond acceptors (Lipinski definition) is 4. The lowest BCUT2D eigenvalue weighted by Crippen LogP contribution is -2.22. The SMILES string of the molecule is Cc1ccc2c(c1C(O)C(O)CCCl)C(=O)C(=O)N2. The fourth-order valence-corrected chi connectivity index (χ4v) is 2.43. The molecule has 102 valence electrons. The molecule has 1 aromatic carbocycles. The van der Waals surface area contributed by atoms with Crippen LogP contribution in [0.5, 0.6) is 0 Å². The Kier molecular flexibility index (Phi) is 3.89. The number of aliphatic hydroxyl groups is 2. The van der Waals surface area contributed by atoms with Crippen molar-refractivity contribution < 1.29 is 19.8 Å². The molecule has 3 N–H and O–H groups in total. The molecule has 0 radical (unpaired) electrons. The molecule has 0 aliphatic carbocycles. The van der Waals surface area contributed by atoms with Gasteiger partial charge in [0.2, 0.25) is 0 Å². The number of alkyl halides is 1. The first-order valence-corrected chi connectivity index (χ1v) is 6.42. The number of aryl methyl sites for hydroxylation is 1. The van der Waals surface area contributed by atoms with Crippen molar-refractivity contribution in [1.82, 2.24) is 0 Å². The molecule has 0 aromatic heterocycles. The lowest BCUT2D eigenvalue weighted by Gasteiger charge is -2.21. The second-order valence-electron chi connectivity index (χ2n) is 4.49. The van der Waals surface area contributed by atoms with Crippen molar-refractivity contribution in [3.63, 3.8) is 0 Å². The van der Waals surface area contributed by atoms with E-state index in [1.807, 2.05) is 0 Å². The van der Waals surface area contributed by atoms with Crippen LogP contribution < -0.4 is 5.32 Å². The van der Waals surface area contributed by atoms with Gasteiger partial charge in [0, 0.05) is 5.88 Å². The molecule has 0 spiro atoms. The van der Waals surface area contributed by atoms with Crippen molar-refractivity contribution in [2.75, 3.05) is 11.2 Å². The fourth-order valence-electron chi connectivity index (χ4n) is 2.21. The van der Waals surface area contributed by atoms with Crippen LogP contribution in [0.1, 0.15) is 34.0 Å². The summed E-state index contributed by atoms with van der Waals surface area (Å²) in [6.45, 7) is 1.71. The quantitative estimate of drug-likeness (QED) is 0.571. The van der Waals surface area contributed by atoms with E-state index in [0.29, 0.717) is 16.8 Å². The molecule has 0 fully saturated rings. The number of ketones is 1. The van der Waals surface area contributed by atoms with Crippen molar-refractivity contribution in [2.24, 2.45) is 0 Å². The number of carbonyl (C=O) groups excluding carboxylic acids is 2. The minimum absolute atomic E-state index is 0.145. The fraction of sp³-hybridized carbons (Fsp3) is 0.385. The maximum Gasteiger partial charge on any atom is 0.296 e.